The van der Waals surface area contributed by atoms with Crippen molar-refractivity contribution in [3.63, 3.8) is 0 Å². The summed E-state index contributed by atoms with van der Waals surface area (Å²) in [6.45, 7) is 1.25. The van der Waals surface area contributed by atoms with Crippen LogP contribution in [-0.4, -0.2) is 29.0 Å². The summed E-state index contributed by atoms with van der Waals surface area (Å²) < 4.78 is 4.92. The van der Waals surface area contributed by atoms with Crippen molar-refractivity contribution >= 4 is 29.4 Å². The van der Waals surface area contributed by atoms with Crippen LogP contribution < -0.4 is 10.1 Å². The maximum atomic E-state index is 12.3. The molecular weight excluding hydrogens is 346 g/mol. The molecule has 0 aliphatic heterocycles. The first-order valence-corrected chi connectivity index (χ1v) is 7.79. The molecule has 1 amide bonds. The van der Waals surface area contributed by atoms with Gasteiger partial charge in [-0.15, -0.1) is 0 Å². The lowest BCUT2D eigenvalue weighted by Crippen LogP contribution is -2.42. The number of hydrogen-bond acceptors (Lipinski definition) is 4. The van der Waals surface area contributed by atoms with E-state index in [1.165, 1.54) is 25.1 Å². The van der Waals surface area contributed by atoms with E-state index in [4.69, 9.17) is 16.3 Å². The molecule has 0 saturated heterocycles. The number of nitrogens with one attached hydrogen (secondary N) is 1. The molecule has 0 bridgehead atoms. The van der Waals surface area contributed by atoms with E-state index in [0.29, 0.717) is 10.6 Å². The number of hydrogen-bond donors (Lipinski definition) is 2. The first-order chi connectivity index (χ1) is 11.8. The zero-order valence-electron chi connectivity index (χ0n) is 13.4. The number of amides is 1. The molecule has 0 heterocycles. The van der Waals surface area contributed by atoms with Crippen molar-refractivity contribution in [3.8, 4) is 5.75 Å². The van der Waals surface area contributed by atoms with E-state index in [9.17, 15) is 19.5 Å². The molecule has 1 atom stereocenters. The van der Waals surface area contributed by atoms with Crippen molar-refractivity contribution in [1.29, 1.82) is 0 Å². The van der Waals surface area contributed by atoms with Gasteiger partial charge in [-0.25, -0.2) is 4.79 Å². The van der Waals surface area contributed by atoms with E-state index in [0.717, 1.165) is 0 Å². The van der Waals surface area contributed by atoms with Gasteiger partial charge >= 0.3 is 11.9 Å². The van der Waals surface area contributed by atoms with Gasteiger partial charge in [-0.1, -0.05) is 29.8 Å². The Morgan fingerprint density at radius 1 is 1.16 bits per heavy atom. The molecule has 0 fully saturated rings. The Balaban J connectivity index is 2.12. The second kappa shape index (κ2) is 8.30. The summed E-state index contributed by atoms with van der Waals surface area (Å²) in [5.74, 6) is -2.04. The molecule has 0 spiro atoms. The van der Waals surface area contributed by atoms with Gasteiger partial charge in [0.25, 0.3) is 5.91 Å². The number of rotatable bonds is 6. The van der Waals surface area contributed by atoms with Crippen LogP contribution in [0.1, 0.15) is 22.8 Å². The molecule has 2 N–H and O–H groups in total. The Morgan fingerprint density at radius 3 is 2.52 bits per heavy atom. The highest BCUT2D eigenvalue weighted by atomic mass is 35.5. The Bertz CT molecular complexity index is 806. The van der Waals surface area contributed by atoms with Gasteiger partial charge in [0.1, 0.15) is 11.8 Å². The van der Waals surface area contributed by atoms with Gasteiger partial charge in [0.05, 0.1) is 0 Å². The normalized spacial score (nSPS) is 11.4. The van der Waals surface area contributed by atoms with E-state index in [1.807, 2.05) is 0 Å². The van der Waals surface area contributed by atoms with Crippen LogP contribution in [0.25, 0.3) is 0 Å². The van der Waals surface area contributed by atoms with Crippen molar-refractivity contribution in [1.82, 2.24) is 5.32 Å². The highest BCUT2D eigenvalue weighted by Gasteiger charge is 2.21. The summed E-state index contributed by atoms with van der Waals surface area (Å²) in [6, 6.07) is 11.6. The van der Waals surface area contributed by atoms with Crippen LogP contribution in [0, 0.1) is 0 Å². The number of carbonyl (C=O) groups is 3. The number of carbonyl (C=O) groups excluding carboxylic acids is 2. The van der Waals surface area contributed by atoms with Gasteiger partial charge in [-0.05, 0) is 35.9 Å². The quantitative estimate of drug-likeness (QED) is 0.609. The fourth-order valence-electron chi connectivity index (χ4n) is 2.21. The summed E-state index contributed by atoms with van der Waals surface area (Å²) >= 11 is 5.89. The largest absolute Gasteiger partial charge is 0.480 e. The molecule has 2 aromatic rings. The lowest BCUT2D eigenvalue weighted by molar-refractivity contribution is -0.139. The highest BCUT2D eigenvalue weighted by molar-refractivity contribution is 6.30. The monoisotopic (exact) mass is 361 g/mol. The number of halogens is 1. The Labute approximate surface area is 149 Å². The fraction of sp³-hybridized carbons (Fsp3) is 0.167. The Hall–Kier alpha value is -2.86. The average molecular weight is 362 g/mol. The van der Waals surface area contributed by atoms with Crippen molar-refractivity contribution in [3.05, 3.63) is 64.7 Å². The summed E-state index contributed by atoms with van der Waals surface area (Å²) in [4.78, 5) is 34.7. The number of carboxylic acid groups (broad SMARTS) is 1. The van der Waals surface area contributed by atoms with E-state index >= 15 is 0 Å². The topological polar surface area (TPSA) is 92.7 Å². The summed E-state index contributed by atoms with van der Waals surface area (Å²) in [7, 11) is 0. The maximum Gasteiger partial charge on any atom is 0.326 e. The molecule has 25 heavy (non-hydrogen) atoms. The van der Waals surface area contributed by atoms with E-state index in [-0.39, 0.29) is 17.7 Å². The van der Waals surface area contributed by atoms with E-state index < -0.39 is 23.9 Å². The van der Waals surface area contributed by atoms with Crippen molar-refractivity contribution in [2.75, 3.05) is 0 Å². The minimum atomic E-state index is -1.16. The third kappa shape index (κ3) is 5.61. The number of ether oxygens (including phenoxy) is 1. The second-order valence-electron chi connectivity index (χ2n) is 5.32. The number of esters is 1. The molecule has 0 radical (unpaired) electrons. The van der Waals surface area contributed by atoms with Crippen molar-refractivity contribution in [2.24, 2.45) is 0 Å². The lowest BCUT2D eigenvalue weighted by atomic mass is 10.1. The summed E-state index contributed by atoms with van der Waals surface area (Å²) in [6.07, 6.45) is 0.0886. The molecule has 0 saturated carbocycles. The van der Waals surface area contributed by atoms with Gasteiger partial charge in [0.15, 0.2) is 0 Å². The highest BCUT2D eigenvalue weighted by Crippen LogP contribution is 2.15. The molecule has 0 aromatic heterocycles. The molecule has 130 valence electrons. The van der Waals surface area contributed by atoms with Crippen LogP contribution in [0.5, 0.6) is 5.75 Å². The zero-order chi connectivity index (χ0) is 18.4. The molecular formula is C18H16ClNO5. The van der Waals surface area contributed by atoms with Crippen LogP contribution in [0.15, 0.2) is 48.5 Å². The molecule has 0 unspecified atom stereocenters. The maximum absolute atomic E-state index is 12.3. The Kier molecular flexibility index (Phi) is 6.14. The summed E-state index contributed by atoms with van der Waals surface area (Å²) in [5.41, 5.74) is 0.880. The SMILES string of the molecule is CC(=O)Oc1cccc(C(=O)N[C@H](Cc2cccc(Cl)c2)C(=O)O)c1. The van der Waals surface area contributed by atoms with Crippen LogP contribution in [0.4, 0.5) is 0 Å². The first kappa shape index (κ1) is 18.5. The van der Waals surface area contributed by atoms with E-state index in [2.05, 4.69) is 5.32 Å². The van der Waals surface area contributed by atoms with Crippen LogP contribution >= 0.6 is 11.6 Å². The molecule has 0 aliphatic rings. The van der Waals surface area contributed by atoms with Gasteiger partial charge < -0.3 is 15.2 Å². The predicted octanol–water partition coefficient (Wildman–Crippen LogP) is 2.69. The van der Waals surface area contributed by atoms with Gasteiger partial charge in [0.2, 0.25) is 0 Å². The smallest absolute Gasteiger partial charge is 0.326 e. The molecule has 2 rings (SSSR count). The molecule has 7 heteroatoms. The molecule has 6 nitrogen and oxygen atoms in total. The standard InChI is InChI=1S/C18H16ClNO5/c1-11(21)25-15-7-3-5-13(10-15)17(22)20-16(18(23)24)9-12-4-2-6-14(19)8-12/h2-8,10,16H,9H2,1H3,(H,20,22)(H,23,24)/t16-/m1/s1. The van der Waals surface area contributed by atoms with Crippen molar-refractivity contribution in [2.45, 2.75) is 19.4 Å². The Morgan fingerprint density at radius 2 is 1.88 bits per heavy atom. The van der Waals surface area contributed by atoms with Crippen LogP contribution in [-0.2, 0) is 16.0 Å². The molecule has 0 aliphatic carbocycles. The first-order valence-electron chi connectivity index (χ1n) is 7.42. The third-order valence-corrected chi connectivity index (χ3v) is 3.53. The minimum absolute atomic E-state index is 0.0886. The fourth-order valence-corrected chi connectivity index (χ4v) is 2.42. The van der Waals surface area contributed by atoms with Crippen LogP contribution in [0.2, 0.25) is 5.02 Å². The second-order valence-corrected chi connectivity index (χ2v) is 5.76. The number of benzene rings is 2. The van der Waals surface area contributed by atoms with Crippen LogP contribution in [0.3, 0.4) is 0 Å². The van der Waals surface area contributed by atoms with Crippen molar-refractivity contribution < 1.29 is 24.2 Å². The number of aliphatic carboxylic acids is 1. The summed E-state index contributed by atoms with van der Waals surface area (Å²) in [5, 5.41) is 12.3. The molecule has 2 aromatic carbocycles. The predicted molar refractivity (Wildman–Crippen MR) is 91.8 cm³/mol. The lowest BCUT2D eigenvalue weighted by Gasteiger charge is -2.15. The zero-order valence-corrected chi connectivity index (χ0v) is 14.1. The van der Waals surface area contributed by atoms with Gasteiger partial charge in [-0.3, -0.25) is 9.59 Å². The van der Waals surface area contributed by atoms with Gasteiger partial charge in [-0.2, -0.15) is 0 Å². The van der Waals surface area contributed by atoms with Gasteiger partial charge in [0, 0.05) is 23.9 Å². The average Bonchev–Trinajstić information content (AvgIpc) is 2.53. The minimum Gasteiger partial charge on any atom is -0.480 e. The number of carboxylic acids is 1. The third-order valence-electron chi connectivity index (χ3n) is 3.29. The van der Waals surface area contributed by atoms with E-state index in [1.54, 1.807) is 30.3 Å².